The monoisotopic (exact) mass is 330 g/mol. The molecular weight excluding hydrogens is 308 g/mol. The summed E-state index contributed by atoms with van der Waals surface area (Å²) in [7, 11) is 3.03. The maximum absolute atomic E-state index is 12.5. The number of ketones is 2. The minimum Gasteiger partial charge on any atom is -0.512 e. The molecule has 0 fully saturated rings. The molecule has 2 unspecified atom stereocenters. The van der Waals surface area contributed by atoms with Gasteiger partial charge in [-0.1, -0.05) is 12.1 Å². The van der Waals surface area contributed by atoms with Crippen molar-refractivity contribution in [1.29, 1.82) is 0 Å². The average molecular weight is 330 g/mol. The lowest BCUT2D eigenvalue weighted by molar-refractivity contribution is -0.129. The fourth-order valence-corrected chi connectivity index (χ4v) is 3.39. The zero-order valence-electron chi connectivity index (χ0n) is 14.5. The van der Waals surface area contributed by atoms with Crippen molar-refractivity contribution in [3.05, 3.63) is 46.7 Å². The topological polar surface area (TPSA) is 72.8 Å². The highest BCUT2D eigenvalue weighted by Crippen LogP contribution is 2.47. The van der Waals surface area contributed by atoms with Gasteiger partial charge < -0.3 is 14.6 Å². The van der Waals surface area contributed by atoms with Crippen LogP contribution in [0.15, 0.2) is 41.2 Å². The third-order valence-corrected chi connectivity index (χ3v) is 4.33. The van der Waals surface area contributed by atoms with E-state index in [1.165, 1.54) is 27.2 Å². The summed E-state index contributed by atoms with van der Waals surface area (Å²) in [6.07, 6.45) is 1.42. The number of para-hydroxylation sites is 1. The summed E-state index contributed by atoms with van der Waals surface area (Å²) in [4.78, 5) is 24.7. The Labute approximate surface area is 141 Å². The molecule has 1 aromatic rings. The molecule has 1 aromatic carbocycles. The number of Topliss-reactive ketones (excluding diaryl/α,β-unsaturated/α-hetero) is 1. The summed E-state index contributed by atoms with van der Waals surface area (Å²) in [5.41, 5.74) is 1.86. The van der Waals surface area contributed by atoms with Gasteiger partial charge >= 0.3 is 0 Å². The fourth-order valence-electron chi connectivity index (χ4n) is 3.39. The van der Waals surface area contributed by atoms with E-state index >= 15 is 0 Å². The van der Waals surface area contributed by atoms with Crippen molar-refractivity contribution in [2.24, 2.45) is 5.92 Å². The lowest BCUT2D eigenvalue weighted by atomic mass is 9.70. The molecule has 24 heavy (non-hydrogen) atoms. The number of aliphatic hydroxyl groups is 1. The van der Waals surface area contributed by atoms with Crippen LogP contribution in [0.25, 0.3) is 0 Å². The van der Waals surface area contributed by atoms with Gasteiger partial charge in [-0.15, -0.1) is 0 Å². The second-order valence-corrected chi connectivity index (χ2v) is 5.88. The molecule has 1 aliphatic carbocycles. The number of carbonyl (C=O) groups is 2. The maximum atomic E-state index is 12.5. The van der Waals surface area contributed by atoms with E-state index in [2.05, 4.69) is 0 Å². The van der Waals surface area contributed by atoms with Gasteiger partial charge in [0.25, 0.3) is 0 Å². The summed E-state index contributed by atoms with van der Waals surface area (Å²) < 4.78 is 10.8. The van der Waals surface area contributed by atoms with Gasteiger partial charge in [-0.2, -0.15) is 0 Å². The van der Waals surface area contributed by atoms with E-state index in [9.17, 15) is 14.7 Å². The quantitative estimate of drug-likeness (QED) is 0.677. The third-order valence-electron chi connectivity index (χ3n) is 4.33. The molecule has 0 saturated heterocycles. The number of aliphatic hydroxyl groups excluding tert-OH is 1. The van der Waals surface area contributed by atoms with Crippen LogP contribution in [0.3, 0.4) is 0 Å². The van der Waals surface area contributed by atoms with Crippen molar-refractivity contribution in [3.63, 3.8) is 0 Å². The smallest absolute Gasteiger partial charge is 0.167 e. The summed E-state index contributed by atoms with van der Waals surface area (Å²) in [5.74, 6) is -0.985. The van der Waals surface area contributed by atoms with Crippen LogP contribution in [0.4, 0.5) is 0 Å². The Hall–Kier alpha value is -2.56. The lowest BCUT2D eigenvalue weighted by Crippen LogP contribution is -2.33. The highest BCUT2D eigenvalue weighted by atomic mass is 16.5. The molecule has 2 atom stereocenters. The van der Waals surface area contributed by atoms with Crippen LogP contribution in [0.5, 0.6) is 11.5 Å². The average Bonchev–Trinajstić information content (AvgIpc) is 2.52. The van der Waals surface area contributed by atoms with Crippen LogP contribution in [0.2, 0.25) is 0 Å². The number of carbonyl (C=O) groups excluding carboxylic acids is 2. The van der Waals surface area contributed by atoms with Crippen LogP contribution in [-0.4, -0.2) is 30.9 Å². The van der Waals surface area contributed by atoms with Crippen molar-refractivity contribution in [2.75, 3.05) is 14.2 Å². The Kier molecular flexibility index (Phi) is 5.12. The first-order valence-electron chi connectivity index (χ1n) is 7.67. The number of methoxy groups -OCH3 is 2. The van der Waals surface area contributed by atoms with E-state index in [1.807, 2.05) is 0 Å². The van der Waals surface area contributed by atoms with Gasteiger partial charge in [-0.25, -0.2) is 0 Å². The van der Waals surface area contributed by atoms with Gasteiger partial charge in [0.1, 0.15) is 5.78 Å². The number of rotatable bonds is 4. The molecular formula is C19H22O5. The lowest BCUT2D eigenvalue weighted by Gasteiger charge is -2.32. The molecule has 0 radical (unpaired) electrons. The molecule has 0 spiro atoms. The predicted molar refractivity (Wildman–Crippen MR) is 90.6 cm³/mol. The van der Waals surface area contributed by atoms with Crippen LogP contribution in [0.1, 0.15) is 32.3 Å². The SMILES string of the molecule is COc1cccc(C2/C(=C(\C)O)C(C)=CC(=O)C2C(C)=O)c1OC. The summed E-state index contributed by atoms with van der Waals surface area (Å²) in [6, 6.07) is 5.31. The number of allylic oxidation sites excluding steroid dienone is 4. The van der Waals surface area contributed by atoms with E-state index in [0.717, 1.165) is 0 Å². The van der Waals surface area contributed by atoms with Crippen molar-refractivity contribution in [3.8, 4) is 11.5 Å². The highest BCUT2D eigenvalue weighted by molar-refractivity contribution is 6.10. The molecule has 0 bridgehead atoms. The van der Waals surface area contributed by atoms with E-state index < -0.39 is 11.8 Å². The van der Waals surface area contributed by atoms with Crippen molar-refractivity contribution >= 4 is 11.6 Å². The second kappa shape index (κ2) is 6.91. The van der Waals surface area contributed by atoms with Crippen LogP contribution < -0.4 is 9.47 Å². The molecule has 0 saturated carbocycles. The molecule has 5 heteroatoms. The molecule has 128 valence electrons. The molecule has 1 aliphatic rings. The van der Waals surface area contributed by atoms with Gasteiger partial charge in [0.15, 0.2) is 17.3 Å². The Balaban J connectivity index is 2.80. The normalized spacial score (nSPS) is 22.7. The molecule has 0 aliphatic heterocycles. The van der Waals surface area contributed by atoms with Crippen molar-refractivity contribution in [2.45, 2.75) is 26.7 Å². The number of benzene rings is 1. The Morgan fingerprint density at radius 3 is 2.33 bits per heavy atom. The predicted octanol–water partition coefficient (Wildman–Crippen LogP) is 3.35. The van der Waals surface area contributed by atoms with Crippen LogP contribution in [-0.2, 0) is 9.59 Å². The molecule has 0 aromatic heterocycles. The van der Waals surface area contributed by atoms with Crippen molar-refractivity contribution < 1.29 is 24.2 Å². The molecule has 1 N–H and O–H groups in total. The third kappa shape index (κ3) is 2.94. The van der Waals surface area contributed by atoms with E-state index in [1.54, 1.807) is 32.0 Å². The maximum Gasteiger partial charge on any atom is 0.167 e. The van der Waals surface area contributed by atoms with Gasteiger partial charge in [-0.3, -0.25) is 9.59 Å². The standard InChI is InChI=1S/C19H22O5/c1-10-9-14(22)17(12(3)21)18(16(10)11(2)20)13-7-6-8-15(23-4)19(13)24-5/h6-9,17-18,20H,1-5H3/b16-11+. The molecule has 2 rings (SSSR count). The van der Waals surface area contributed by atoms with Crippen LogP contribution in [0, 0.1) is 5.92 Å². The van der Waals surface area contributed by atoms with E-state index in [0.29, 0.717) is 28.2 Å². The molecule has 0 amide bonds. The fraction of sp³-hybridized carbons (Fsp3) is 0.368. The summed E-state index contributed by atoms with van der Waals surface area (Å²) in [6.45, 7) is 4.70. The number of hydrogen-bond acceptors (Lipinski definition) is 5. The minimum absolute atomic E-state index is 0.0809. The first-order valence-corrected chi connectivity index (χ1v) is 7.67. The molecule has 0 heterocycles. The largest absolute Gasteiger partial charge is 0.512 e. The zero-order chi connectivity index (χ0) is 18.0. The number of hydrogen-bond donors (Lipinski definition) is 1. The van der Waals surface area contributed by atoms with Gasteiger partial charge in [-0.05, 0) is 38.5 Å². The van der Waals surface area contributed by atoms with E-state index in [4.69, 9.17) is 9.47 Å². The number of ether oxygens (including phenoxy) is 2. The summed E-state index contributed by atoms with van der Waals surface area (Å²) in [5, 5.41) is 10.2. The zero-order valence-corrected chi connectivity index (χ0v) is 14.5. The van der Waals surface area contributed by atoms with Gasteiger partial charge in [0, 0.05) is 17.1 Å². The van der Waals surface area contributed by atoms with Crippen LogP contribution >= 0.6 is 0 Å². The second-order valence-electron chi connectivity index (χ2n) is 5.88. The Morgan fingerprint density at radius 2 is 1.83 bits per heavy atom. The van der Waals surface area contributed by atoms with E-state index in [-0.39, 0.29) is 17.3 Å². The minimum atomic E-state index is -0.896. The molecule has 5 nitrogen and oxygen atoms in total. The first kappa shape index (κ1) is 17.8. The van der Waals surface area contributed by atoms with Gasteiger partial charge in [0.05, 0.1) is 25.9 Å². The summed E-state index contributed by atoms with van der Waals surface area (Å²) >= 11 is 0. The van der Waals surface area contributed by atoms with Crippen molar-refractivity contribution in [1.82, 2.24) is 0 Å². The Bertz CT molecular complexity index is 738. The Morgan fingerprint density at radius 1 is 1.17 bits per heavy atom. The first-order chi connectivity index (χ1) is 11.3. The highest BCUT2D eigenvalue weighted by Gasteiger charge is 2.41. The van der Waals surface area contributed by atoms with Gasteiger partial charge in [0.2, 0.25) is 0 Å².